The smallest absolute Gasteiger partial charge is 0.449 e. The lowest BCUT2D eigenvalue weighted by Crippen LogP contribution is -2.24. The van der Waals surface area contributed by atoms with Crippen LogP contribution < -0.4 is 4.74 Å². The lowest BCUT2D eigenvalue weighted by atomic mass is 10.0. The van der Waals surface area contributed by atoms with Crippen LogP contribution in [0, 0.1) is 19.8 Å². The predicted octanol–water partition coefficient (Wildman–Crippen LogP) is 9.19. The highest BCUT2D eigenvalue weighted by molar-refractivity contribution is 5.85. The largest absolute Gasteiger partial charge is 0.511 e. The number of imidazole rings is 2. The van der Waals surface area contributed by atoms with E-state index in [1.165, 1.54) is 11.4 Å². The molecule has 0 aliphatic carbocycles. The number of ether oxygens (including phenoxy) is 1. The molecule has 0 bridgehead atoms. The summed E-state index contributed by atoms with van der Waals surface area (Å²) in [6, 6.07) is 19.9. The molecule has 7 heteroatoms. The summed E-state index contributed by atoms with van der Waals surface area (Å²) in [4.78, 5) is 21.6. The molecule has 0 aliphatic rings. The fourth-order valence-electron chi connectivity index (χ4n) is 6.16. The summed E-state index contributed by atoms with van der Waals surface area (Å²) in [7, 11) is 0. The van der Waals surface area contributed by atoms with Gasteiger partial charge in [0.05, 0.1) is 16.7 Å². The third kappa shape index (κ3) is 6.28. The second kappa shape index (κ2) is 12.3. The van der Waals surface area contributed by atoms with Crippen molar-refractivity contribution in [1.29, 1.82) is 0 Å². The van der Waals surface area contributed by atoms with E-state index in [9.17, 15) is 4.79 Å². The summed E-state index contributed by atoms with van der Waals surface area (Å²) >= 11 is 0. The molecular weight excluding hydrogens is 548 g/mol. The van der Waals surface area contributed by atoms with E-state index in [4.69, 9.17) is 19.8 Å². The van der Waals surface area contributed by atoms with Crippen molar-refractivity contribution in [2.75, 3.05) is 0 Å². The first kappa shape index (κ1) is 31.0. The summed E-state index contributed by atoms with van der Waals surface area (Å²) in [6.45, 7) is 18.4. The van der Waals surface area contributed by atoms with Gasteiger partial charge in [-0.25, -0.2) is 14.8 Å². The Labute approximate surface area is 260 Å². The van der Waals surface area contributed by atoms with Crippen molar-refractivity contribution in [3.05, 3.63) is 89.0 Å². The Morgan fingerprint density at radius 2 is 1.68 bits per heavy atom. The number of para-hydroxylation sites is 1. The van der Waals surface area contributed by atoms with E-state index in [0.717, 1.165) is 69.8 Å². The molecule has 0 unspecified atom stereocenters. The summed E-state index contributed by atoms with van der Waals surface area (Å²) in [5.41, 5.74) is 9.44. The van der Waals surface area contributed by atoms with Gasteiger partial charge >= 0.3 is 6.16 Å². The van der Waals surface area contributed by atoms with Crippen LogP contribution in [0.25, 0.3) is 33.5 Å². The molecule has 0 fully saturated rings. The highest BCUT2D eigenvalue weighted by atomic mass is 16.7. The van der Waals surface area contributed by atoms with Crippen LogP contribution >= 0.6 is 0 Å². The van der Waals surface area contributed by atoms with Crippen LogP contribution in [0.15, 0.2) is 60.7 Å². The Balaban J connectivity index is 1.59. The van der Waals surface area contributed by atoms with Crippen LogP contribution in [0.2, 0.25) is 0 Å². The average molecular weight is 593 g/mol. The topological polar surface area (TPSA) is 82.2 Å². The van der Waals surface area contributed by atoms with Gasteiger partial charge in [-0.2, -0.15) is 0 Å². The molecule has 230 valence electrons. The van der Waals surface area contributed by atoms with Crippen molar-refractivity contribution < 1.29 is 14.6 Å². The Kier molecular flexibility index (Phi) is 8.69. The zero-order valence-electron chi connectivity index (χ0n) is 27.2. The van der Waals surface area contributed by atoms with Crippen LogP contribution in [0.3, 0.4) is 0 Å². The maximum absolute atomic E-state index is 11.2. The molecule has 0 spiro atoms. The van der Waals surface area contributed by atoms with E-state index >= 15 is 0 Å². The van der Waals surface area contributed by atoms with Crippen LogP contribution in [0.4, 0.5) is 4.79 Å². The maximum atomic E-state index is 11.2. The van der Waals surface area contributed by atoms with Crippen molar-refractivity contribution in [3.8, 4) is 28.3 Å². The lowest BCUT2D eigenvalue weighted by molar-refractivity contribution is 0.144. The molecule has 0 atom stereocenters. The second-order valence-electron chi connectivity index (χ2n) is 13.2. The van der Waals surface area contributed by atoms with Gasteiger partial charge in [-0.05, 0) is 88.3 Å². The molecule has 0 saturated heterocycles. The maximum Gasteiger partial charge on any atom is 0.511 e. The molecule has 0 saturated carbocycles. The number of fused-ring (bicyclic) bond motifs is 1. The molecule has 2 heterocycles. The van der Waals surface area contributed by atoms with Gasteiger partial charge in [0.15, 0.2) is 0 Å². The number of rotatable bonds is 9. The van der Waals surface area contributed by atoms with Gasteiger partial charge in [-0.1, -0.05) is 63.2 Å². The molecule has 44 heavy (non-hydrogen) atoms. The number of carboxylic acid groups (broad SMARTS) is 1. The molecule has 5 rings (SSSR count). The summed E-state index contributed by atoms with van der Waals surface area (Å²) in [5, 5.41) is 9.16. The second-order valence-corrected chi connectivity index (χ2v) is 13.2. The van der Waals surface area contributed by atoms with Gasteiger partial charge in [0.25, 0.3) is 0 Å². The minimum Gasteiger partial charge on any atom is -0.449 e. The fourth-order valence-corrected chi connectivity index (χ4v) is 6.16. The van der Waals surface area contributed by atoms with Crippen LogP contribution in [0.5, 0.6) is 5.75 Å². The average Bonchev–Trinajstić information content (AvgIpc) is 3.46. The first-order valence-corrected chi connectivity index (χ1v) is 15.5. The van der Waals surface area contributed by atoms with Gasteiger partial charge in [0, 0.05) is 35.3 Å². The highest BCUT2D eigenvalue weighted by Crippen LogP contribution is 2.35. The van der Waals surface area contributed by atoms with Crippen molar-refractivity contribution in [2.45, 2.75) is 86.7 Å². The molecule has 0 aliphatic heterocycles. The lowest BCUT2D eigenvalue weighted by Gasteiger charge is -2.26. The third-order valence-electron chi connectivity index (χ3n) is 8.02. The Bertz CT molecular complexity index is 1800. The van der Waals surface area contributed by atoms with E-state index < -0.39 is 6.16 Å². The number of nitrogens with zero attached hydrogens (tertiary/aromatic N) is 4. The molecule has 2 aromatic heterocycles. The standard InChI is InChI=1S/C37H44N4O3/c1-9-12-33-39-34-24(4)20-28(35-38-30(19-23(2)3)25(5)41(35)37(6,7)8)21-31(34)40(33)22-26-15-17-27(18-16-26)29-13-10-11-14-32(29)44-36(42)43/h10-11,13-18,20-21,23H,9,12,19,22H2,1-8H3,(H,42,43). The molecule has 3 aromatic carbocycles. The van der Waals surface area contributed by atoms with E-state index in [1.54, 1.807) is 12.1 Å². The van der Waals surface area contributed by atoms with Gasteiger partial charge < -0.3 is 19.0 Å². The van der Waals surface area contributed by atoms with Crippen molar-refractivity contribution >= 4 is 17.2 Å². The molecule has 7 nitrogen and oxygen atoms in total. The van der Waals surface area contributed by atoms with Crippen molar-refractivity contribution in [3.63, 3.8) is 0 Å². The number of aryl methyl sites for hydroxylation is 2. The van der Waals surface area contributed by atoms with Crippen molar-refractivity contribution in [2.24, 2.45) is 5.92 Å². The Hall–Kier alpha value is -4.39. The minimum atomic E-state index is -1.32. The van der Waals surface area contributed by atoms with Crippen LogP contribution in [-0.2, 0) is 24.9 Å². The summed E-state index contributed by atoms with van der Waals surface area (Å²) in [5.74, 6) is 2.92. The Morgan fingerprint density at radius 3 is 2.32 bits per heavy atom. The van der Waals surface area contributed by atoms with Crippen LogP contribution in [0.1, 0.15) is 76.3 Å². The van der Waals surface area contributed by atoms with Gasteiger partial charge in [-0.3, -0.25) is 0 Å². The number of benzene rings is 3. The summed E-state index contributed by atoms with van der Waals surface area (Å²) < 4.78 is 9.76. The predicted molar refractivity (Wildman–Crippen MR) is 178 cm³/mol. The highest BCUT2D eigenvalue weighted by Gasteiger charge is 2.25. The monoisotopic (exact) mass is 592 g/mol. The van der Waals surface area contributed by atoms with E-state index in [-0.39, 0.29) is 5.54 Å². The zero-order valence-corrected chi connectivity index (χ0v) is 27.2. The van der Waals surface area contributed by atoms with Gasteiger partial charge in [-0.15, -0.1) is 0 Å². The van der Waals surface area contributed by atoms with E-state index in [2.05, 4.69) is 88.8 Å². The number of aromatic nitrogens is 4. The number of hydrogen-bond acceptors (Lipinski definition) is 4. The number of carbonyl (C=O) groups is 1. The Morgan fingerprint density at radius 1 is 0.977 bits per heavy atom. The molecular formula is C37H44N4O3. The van der Waals surface area contributed by atoms with Gasteiger partial charge in [0.2, 0.25) is 0 Å². The third-order valence-corrected chi connectivity index (χ3v) is 8.02. The summed E-state index contributed by atoms with van der Waals surface area (Å²) in [6.07, 6.45) is 1.51. The molecule has 5 aromatic rings. The van der Waals surface area contributed by atoms with E-state index in [1.807, 2.05) is 24.3 Å². The molecule has 1 N–H and O–H groups in total. The zero-order chi connectivity index (χ0) is 31.8. The fraction of sp³-hybridized carbons (Fsp3) is 0.378. The molecule has 0 amide bonds. The minimum absolute atomic E-state index is 0.117. The SMILES string of the molecule is CCCc1nc2c(C)cc(-c3nc(CC(C)C)c(C)n3C(C)(C)C)cc2n1Cc1ccc(-c2ccccc2OC(=O)O)cc1. The first-order valence-electron chi connectivity index (χ1n) is 15.5. The first-order chi connectivity index (χ1) is 20.9. The quantitative estimate of drug-likeness (QED) is 0.136. The van der Waals surface area contributed by atoms with Gasteiger partial charge in [0.1, 0.15) is 17.4 Å². The normalized spacial score (nSPS) is 11.9. The van der Waals surface area contributed by atoms with Crippen LogP contribution in [-0.4, -0.2) is 30.4 Å². The number of hydrogen-bond donors (Lipinski definition) is 1. The van der Waals surface area contributed by atoms with Crippen molar-refractivity contribution in [1.82, 2.24) is 19.1 Å². The molecule has 0 radical (unpaired) electrons. The van der Waals surface area contributed by atoms with E-state index in [0.29, 0.717) is 18.2 Å².